The first-order chi connectivity index (χ1) is 9.42. The van der Waals surface area contributed by atoms with Crippen molar-refractivity contribution < 1.29 is 24.2 Å². The number of carbonyl (C=O) groups is 3. The van der Waals surface area contributed by atoms with Gasteiger partial charge in [0.15, 0.2) is 0 Å². The number of nitrogens with zero attached hydrogens (tertiary/aromatic N) is 1. The molecule has 0 bridgehead atoms. The SMILES string of the molecule is COC1CCN(C(=O)NC(=O)CC(C)CC(=O)O)CC1. The Balaban J connectivity index is 2.31. The molecule has 0 aromatic rings. The van der Waals surface area contributed by atoms with Crippen LogP contribution in [0.25, 0.3) is 0 Å². The number of urea groups is 1. The van der Waals surface area contributed by atoms with Gasteiger partial charge in [0.2, 0.25) is 5.91 Å². The largest absolute Gasteiger partial charge is 0.481 e. The highest BCUT2D eigenvalue weighted by molar-refractivity contribution is 5.94. The average Bonchev–Trinajstić information content (AvgIpc) is 2.37. The first-order valence-electron chi connectivity index (χ1n) is 6.75. The van der Waals surface area contributed by atoms with Crippen molar-refractivity contribution in [1.29, 1.82) is 0 Å². The van der Waals surface area contributed by atoms with E-state index in [0.717, 1.165) is 12.8 Å². The number of amides is 3. The molecule has 0 aliphatic carbocycles. The molecule has 1 fully saturated rings. The maximum absolute atomic E-state index is 11.8. The number of imide groups is 1. The minimum Gasteiger partial charge on any atom is -0.481 e. The van der Waals surface area contributed by atoms with Crippen LogP contribution in [0.1, 0.15) is 32.6 Å². The van der Waals surface area contributed by atoms with Gasteiger partial charge in [-0.15, -0.1) is 0 Å². The van der Waals surface area contributed by atoms with Gasteiger partial charge in [-0.05, 0) is 18.8 Å². The van der Waals surface area contributed by atoms with Crippen molar-refractivity contribution in [3.63, 3.8) is 0 Å². The number of nitrogens with one attached hydrogen (secondary N) is 1. The summed E-state index contributed by atoms with van der Waals surface area (Å²) in [5, 5.41) is 10.9. The molecule has 0 aromatic heterocycles. The lowest BCUT2D eigenvalue weighted by Crippen LogP contribution is -2.47. The Hall–Kier alpha value is -1.63. The van der Waals surface area contributed by atoms with Crippen molar-refractivity contribution in [3.8, 4) is 0 Å². The van der Waals surface area contributed by atoms with E-state index in [0.29, 0.717) is 13.1 Å². The van der Waals surface area contributed by atoms with Crippen LogP contribution >= 0.6 is 0 Å². The second-order valence-electron chi connectivity index (χ2n) is 5.18. The van der Waals surface area contributed by atoms with E-state index in [9.17, 15) is 14.4 Å². The first kappa shape index (κ1) is 16.4. The summed E-state index contributed by atoms with van der Waals surface area (Å²) in [7, 11) is 1.65. The zero-order valence-electron chi connectivity index (χ0n) is 11.9. The molecule has 0 aromatic carbocycles. The molecular weight excluding hydrogens is 264 g/mol. The van der Waals surface area contributed by atoms with Crippen molar-refractivity contribution in [2.75, 3.05) is 20.2 Å². The Bertz CT molecular complexity index is 364. The molecule has 1 heterocycles. The van der Waals surface area contributed by atoms with Crippen LogP contribution in [0.5, 0.6) is 0 Å². The summed E-state index contributed by atoms with van der Waals surface area (Å²) in [5.74, 6) is -1.67. The molecule has 0 saturated carbocycles. The highest BCUT2D eigenvalue weighted by Crippen LogP contribution is 2.13. The summed E-state index contributed by atoms with van der Waals surface area (Å²) < 4.78 is 5.21. The number of aliphatic carboxylic acids is 1. The van der Waals surface area contributed by atoms with Gasteiger partial charge < -0.3 is 14.7 Å². The van der Waals surface area contributed by atoms with Crippen LogP contribution in [0.15, 0.2) is 0 Å². The maximum atomic E-state index is 11.8. The fourth-order valence-electron chi connectivity index (χ4n) is 2.23. The van der Waals surface area contributed by atoms with Gasteiger partial charge in [0.1, 0.15) is 0 Å². The van der Waals surface area contributed by atoms with Crippen molar-refractivity contribution in [2.45, 2.75) is 38.7 Å². The number of carbonyl (C=O) groups excluding carboxylic acids is 2. The van der Waals surface area contributed by atoms with Gasteiger partial charge in [-0.25, -0.2) is 4.79 Å². The summed E-state index contributed by atoms with van der Waals surface area (Å²) in [6.07, 6.45) is 1.64. The summed E-state index contributed by atoms with van der Waals surface area (Å²) in [5.41, 5.74) is 0. The van der Waals surface area contributed by atoms with Crippen molar-refractivity contribution >= 4 is 17.9 Å². The van der Waals surface area contributed by atoms with Crippen LogP contribution in [0.3, 0.4) is 0 Å². The van der Waals surface area contributed by atoms with Gasteiger partial charge >= 0.3 is 12.0 Å². The van der Waals surface area contributed by atoms with Crippen molar-refractivity contribution in [2.24, 2.45) is 5.92 Å². The molecule has 2 N–H and O–H groups in total. The molecule has 0 radical (unpaired) electrons. The highest BCUT2D eigenvalue weighted by Gasteiger charge is 2.24. The molecule has 114 valence electrons. The quantitative estimate of drug-likeness (QED) is 0.780. The molecule has 7 nitrogen and oxygen atoms in total. The number of likely N-dealkylation sites (tertiary alicyclic amines) is 1. The maximum Gasteiger partial charge on any atom is 0.324 e. The van der Waals surface area contributed by atoms with E-state index in [4.69, 9.17) is 9.84 Å². The molecule has 1 atom stereocenters. The van der Waals surface area contributed by atoms with Crippen LogP contribution < -0.4 is 5.32 Å². The Morgan fingerprint density at radius 2 is 1.90 bits per heavy atom. The monoisotopic (exact) mass is 286 g/mol. The number of piperidine rings is 1. The molecule has 1 rings (SSSR count). The molecule has 1 unspecified atom stereocenters. The lowest BCUT2D eigenvalue weighted by molar-refractivity contribution is -0.138. The molecule has 1 saturated heterocycles. The zero-order chi connectivity index (χ0) is 15.1. The van der Waals surface area contributed by atoms with Gasteiger partial charge in [-0.3, -0.25) is 14.9 Å². The average molecular weight is 286 g/mol. The summed E-state index contributed by atoms with van der Waals surface area (Å²) in [6, 6.07) is -0.410. The van der Waals surface area contributed by atoms with E-state index >= 15 is 0 Å². The lowest BCUT2D eigenvalue weighted by atomic mass is 10.0. The van der Waals surface area contributed by atoms with Crippen LogP contribution in [0.4, 0.5) is 4.79 Å². The smallest absolute Gasteiger partial charge is 0.324 e. The van der Waals surface area contributed by atoms with Gasteiger partial charge in [-0.2, -0.15) is 0 Å². The van der Waals surface area contributed by atoms with E-state index in [1.54, 1.807) is 18.9 Å². The third-order valence-corrected chi connectivity index (χ3v) is 3.37. The number of methoxy groups -OCH3 is 1. The van der Waals surface area contributed by atoms with Crippen LogP contribution in [0.2, 0.25) is 0 Å². The fraction of sp³-hybridized carbons (Fsp3) is 0.769. The van der Waals surface area contributed by atoms with Gasteiger partial charge in [0.05, 0.1) is 6.10 Å². The normalized spacial score (nSPS) is 17.6. The Kier molecular flexibility index (Phi) is 6.44. The number of carboxylic acids is 1. The predicted octanol–water partition coefficient (Wildman–Crippen LogP) is 0.834. The van der Waals surface area contributed by atoms with Crippen LogP contribution in [0, 0.1) is 5.92 Å². The molecule has 1 aliphatic rings. The number of hydrogen-bond acceptors (Lipinski definition) is 4. The van der Waals surface area contributed by atoms with Crippen molar-refractivity contribution in [1.82, 2.24) is 10.2 Å². The molecule has 0 spiro atoms. The molecular formula is C13H22N2O5. The summed E-state index contributed by atoms with van der Waals surface area (Å²) in [4.78, 5) is 35.6. The van der Waals surface area contributed by atoms with Crippen LogP contribution in [-0.4, -0.2) is 54.2 Å². The second kappa shape index (κ2) is 7.84. The summed E-state index contributed by atoms with van der Waals surface area (Å²) in [6.45, 7) is 2.78. The third kappa shape index (κ3) is 5.56. The van der Waals surface area contributed by atoms with Gasteiger partial charge in [0.25, 0.3) is 0 Å². The van der Waals surface area contributed by atoms with Crippen molar-refractivity contribution in [3.05, 3.63) is 0 Å². The topological polar surface area (TPSA) is 95.9 Å². The minimum atomic E-state index is -0.946. The Morgan fingerprint density at radius 3 is 2.40 bits per heavy atom. The minimum absolute atomic E-state index is 0.0343. The number of carboxylic acid groups (broad SMARTS) is 1. The third-order valence-electron chi connectivity index (χ3n) is 3.37. The number of rotatable bonds is 5. The van der Waals surface area contributed by atoms with Crippen LogP contribution in [-0.2, 0) is 14.3 Å². The molecule has 20 heavy (non-hydrogen) atoms. The van der Waals surface area contributed by atoms with Gasteiger partial charge in [0, 0.05) is 33.0 Å². The van der Waals surface area contributed by atoms with E-state index < -0.39 is 17.9 Å². The standard InChI is InChI=1S/C13H22N2O5/c1-9(8-12(17)18)7-11(16)14-13(19)15-5-3-10(20-2)4-6-15/h9-10H,3-8H2,1-2H3,(H,17,18)(H,14,16,19). The highest BCUT2D eigenvalue weighted by atomic mass is 16.5. The fourth-order valence-corrected chi connectivity index (χ4v) is 2.23. The van der Waals surface area contributed by atoms with E-state index in [-0.39, 0.29) is 24.9 Å². The summed E-state index contributed by atoms with van der Waals surface area (Å²) >= 11 is 0. The van der Waals surface area contributed by atoms with E-state index in [2.05, 4.69) is 5.32 Å². The molecule has 3 amide bonds. The van der Waals surface area contributed by atoms with Gasteiger partial charge in [-0.1, -0.05) is 6.92 Å². The lowest BCUT2D eigenvalue weighted by Gasteiger charge is -2.31. The number of ether oxygens (including phenoxy) is 1. The van der Waals surface area contributed by atoms with E-state index in [1.165, 1.54) is 0 Å². The second-order valence-corrected chi connectivity index (χ2v) is 5.18. The Labute approximate surface area is 118 Å². The first-order valence-corrected chi connectivity index (χ1v) is 6.75. The molecule has 1 aliphatic heterocycles. The zero-order valence-corrected chi connectivity index (χ0v) is 11.9. The Morgan fingerprint density at radius 1 is 1.30 bits per heavy atom. The van der Waals surface area contributed by atoms with E-state index in [1.807, 2.05) is 0 Å². The predicted molar refractivity (Wildman–Crippen MR) is 71.2 cm³/mol. The molecule has 7 heteroatoms. The number of hydrogen-bond donors (Lipinski definition) is 2.